The van der Waals surface area contributed by atoms with E-state index >= 15 is 0 Å². The van der Waals surface area contributed by atoms with Crippen molar-refractivity contribution in [2.24, 2.45) is 0 Å². The van der Waals surface area contributed by atoms with Crippen LogP contribution in [0.25, 0.3) is 0 Å². The van der Waals surface area contributed by atoms with Crippen LogP contribution in [0, 0.1) is 0 Å². The first kappa shape index (κ1) is 19.3. The predicted molar refractivity (Wildman–Crippen MR) is 89.0 cm³/mol. The molecule has 2 aliphatic heterocycles. The molecule has 0 N–H and O–H groups in total. The summed E-state index contributed by atoms with van der Waals surface area (Å²) in [6.07, 6.45) is 3.86. The van der Waals surface area contributed by atoms with Crippen LogP contribution in [0.4, 0.5) is 0 Å². The molecule has 6 nitrogen and oxygen atoms in total. The third kappa shape index (κ3) is 9.14. The van der Waals surface area contributed by atoms with Gasteiger partial charge >= 0.3 is 8.56 Å². The minimum atomic E-state index is -2.10. The molecule has 0 spiro atoms. The van der Waals surface area contributed by atoms with Crippen molar-refractivity contribution in [2.45, 2.75) is 57.1 Å². The van der Waals surface area contributed by atoms with E-state index in [2.05, 4.69) is 13.5 Å². The van der Waals surface area contributed by atoms with Gasteiger partial charge in [0.2, 0.25) is 0 Å². The summed E-state index contributed by atoms with van der Waals surface area (Å²) < 4.78 is 33.3. The molecule has 2 rings (SSSR count). The lowest BCUT2D eigenvalue weighted by molar-refractivity contribution is 0.0907. The van der Waals surface area contributed by atoms with E-state index in [1.807, 2.05) is 0 Å². The SMILES string of the molecule is CO[Si](C)(CCCOCC1CO1)OC(C)CCCOCC1CO1. The highest BCUT2D eigenvalue weighted by atomic mass is 28.4. The minimum absolute atomic E-state index is 0.202. The van der Waals surface area contributed by atoms with Crippen LogP contribution in [0.5, 0.6) is 0 Å². The van der Waals surface area contributed by atoms with Gasteiger partial charge in [-0.3, -0.25) is 0 Å². The van der Waals surface area contributed by atoms with E-state index in [1.54, 1.807) is 7.11 Å². The van der Waals surface area contributed by atoms with E-state index in [0.717, 1.165) is 58.3 Å². The second-order valence-electron chi connectivity index (χ2n) is 6.57. The van der Waals surface area contributed by atoms with Crippen LogP contribution >= 0.6 is 0 Å². The maximum atomic E-state index is 6.22. The molecule has 23 heavy (non-hydrogen) atoms. The predicted octanol–water partition coefficient (Wildman–Crippen LogP) is 2.11. The summed E-state index contributed by atoms with van der Waals surface area (Å²) in [4.78, 5) is 0. The highest BCUT2D eigenvalue weighted by molar-refractivity contribution is 6.66. The van der Waals surface area contributed by atoms with Gasteiger partial charge in [0.1, 0.15) is 12.2 Å². The third-order valence-corrected chi connectivity index (χ3v) is 7.14. The largest absolute Gasteiger partial charge is 0.398 e. The Morgan fingerprint density at radius 1 is 1.04 bits per heavy atom. The average molecular weight is 349 g/mol. The molecule has 0 amide bonds. The molecule has 136 valence electrons. The van der Waals surface area contributed by atoms with Crippen molar-refractivity contribution < 1.29 is 27.8 Å². The number of epoxide rings is 2. The lowest BCUT2D eigenvalue weighted by atomic mass is 10.2. The smallest absolute Gasteiger partial charge is 0.334 e. The van der Waals surface area contributed by atoms with Crippen LogP contribution in [0.1, 0.15) is 26.2 Å². The van der Waals surface area contributed by atoms with E-state index in [0.29, 0.717) is 18.8 Å². The number of hydrogen-bond donors (Lipinski definition) is 0. The summed E-state index contributed by atoms with van der Waals surface area (Å²) in [5.41, 5.74) is 0. The van der Waals surface area contributed by atoms with Gasteiger partial charge in [0, 0.05) is 26.4 Å². The van der Waals surface area contributed by atoms with Crippen LogP contribution < -0.4 is 0 Å². The Bertz CT molecular complexity index is 324. The molecule has 0 aliphatic carbocycles. The Balaban J connectivity index is 1.48. The van der Waals surface area contributed by atoms with Crippen LogP contribution in [-0.2, 0) is 27.8 Å². The highest BCUT2D eigenvalue weighted by Gasteiger charge is 2.32. The third-order valence-electron chi connectivity index (χ3n) is 4.11. The Hall–Kier alpha value is -0.0231. The standard InChI is InChI=1S/C16H32O6Si/c1-14(6-4-7-18-10-15-12-20-15)22-23(3,17-2)9-5-8-19-11-16-13-21-16/h14-16H,4-13H2,1-3H3. The summed E-state index contributed by atoms with van der Waals surface area (Å²) >= 11 is 0. The summed E-state index contributed by atoms with van der Waals surface area (Å²) in [5, 5.41) is 0. The van der Waals surface area contributed by atoms with Gasteiger partial charge < -0.3 is 27.8 Å². The second-order valence-corrected chi connectivity index (χ2v) is 9.98. The number of hydrogen-bond acceptors (Lipinski definition) is 6. The molecule has 0 aromatic heterocycles. The highest BCUT2D eigenvalue weighted by Crippen LogP contribution is 2.19. The van der Waals surface area contributed by atoms with E-state index in [9.17, 15) is 0 Å². The molecule has 4 unspecified atom stereocenters. The fourth-order valence-corrected chi connectivity index (χ4v) is 4.59. The van der Waals surface area contributed by atoms with Gasteiger partial charge in [-0.2, -0.15) is 0 Å². The van der Waals surface area contributed by atoms with Crippen LogP contribution in [-0.4, -0.2) is 73.6 Å². The van der Waals surface area contributed by atoms with Gasteiger partial charge in [0.25, 0.3) is 0 Å². The molecule has 2 saturated heterocycles. The van der Waals surface area contributed by atoms with E-state index in [-0.39, 0.29) is 6.10 Å². The van der Waals surface area contributed by atoms with Gasteiger partial charge in [0.05, 0.1) is 26.4 Å². The van der Waals surface area contributed by atoms with Gasteiger partial charge in [-0.05, 0) is 38.8 Å². The van der Waals surface area contributed by atoms with Crippen LogP contribution in [0.15, 0.2) is 0 Å². The van der Waals surface area contributed by atoms with Crippen molar-refractivity contribution in [3.8, 4) is 0 Å². The number of rotatable bonds is 15. The molecule has 2 aliphatic rings. The molecule has 2 heterocycles. The summed E-state index contributed by atoms with van der Waals surface area (Å²) in [7, 11) is -0.336. The maximum Gasteiger partial charge on any atom is 0.334 e. The van der Waals surface area contributed by atoms with Gasteiger partial charge in [0.15, 0.2) is 0 Å². The topological polar surface area (TPSA) is 62.0 Å². The van der Waals surface area contributed by atoms with Gasteiger partial charge in [-0.15, -0.1) is 0 Å². The lowest BCUT2D eigenvalue weighted by Gasteiger charge is -2.29. The van der Waals surface area contributed by atoms with Crippen molar-refractivity contribution in [3.05, 3.63) is 0 Å². The van der Waals surface area contributed by atoms with Gasteiger partial charge in [-0.1, -0.05) is 0 Å². The first-order valence-corrected chi connectivity index (χ1v) is 11.3. The molecule has 0 radical (unpaired) electrons. The van der Waals surface area contributed by atoms with Crippen molar-refractivity contribution in [2.75, 3.05) is 46.8 Å². The summed E-state index contributed by atoms with van der Waals surface area (Å²) in [6, 6.07) is 0.953. The molecular weight excluding hydrogens is 316 g/mol. The van der Waals surface area contributed by atoms with Crippen molar-refractivity contribution in [1.82, 2.24) is 0 Å². The van der Waals surface area contributed by atoms with E-state index in [4.69, 9.17) is 27.8 Å². The molecule has 4 atom stereocenters. The Kier molecular flexibility index (Phi) is 8.46. The molecule has 0 aromatic carbocycles. The molecule has 0 bridgehead atoms. The van der Waals surface area contributed by atoms with E-state index < -0.39 is 8.56 Å². The molecule has 2 fully saturated rings. The normalized spacial score (nSPS) is 26.7. The van der Waals surface area contributed by atoms with Crippen molar-refractivity contribution in [3.63, 3.8) is 0 Å². The maximum absolute atomic E-state index is 6.22. The molecule has 0 aromatic rings. The Morgan fingerprint density at radius 2 is 1.61 bits per heavy atom. The van der Waals surface area contributed by atoms with Gasteiger partial charge in [-0.25, -0.2) is 0 Å². The summed E-state index contributed by atoms with van der Waals surface area (Å²) in [5.74, 6) is 0. The first-order valence-electron chi connectivity index (χ1n) is 8.73. The molecular formula is C16H32O6Si. The number of ether oxygens (including phenoxy) is 4. The monoisotopic (exact) mass is 348 g/mol. The van der Waals surface area contributed by atoms with E-state index in [1.165, 1.54) is 0 Å². The fraction of sp³-hybridized carbons (Fsp3) is 1.00. The fourth-order valence-electron chi connectivity index (χ4n) is 2.42. The van der Waals surface area contributed by atoms with Crippen molar-refractivity contribution in [1.29, 1.82) is 0 Å². The Morgan fingerprint density at radius 3 is 2.13 bits per heavy atom. The molecule has 0 saturated carbocycles. The zero-order valence-electron chi connectivity index (χ0n) is 14.8. The van der Waals surface area contributed by atoms with Crippen LogP contribution in [0.2, 0.25) is 12.6 Å². The zero-order chi connectivity index (χ0) is 16.5. The van der Waals surface area contributed by atoms with Crippen LogP contribution in [0.3, 0.4) is 0 Å². The Labute approximate surface area is 141 Å². The quantitative estimate of drug-likeness (QED) is 0.257. The lowest BCUT2D eigenvalue weighted by Crippen LogP contribution is -2.40. The average Bonchev–Trinajstić information content (AvgIpc) is 3.41. The first-order chi connectivity index (χ1) is 11.1. The minimum Gasteiger partial charge on any atom is -0.398 e. The zero-order valence-corrected chi connectivity index (χ0v) is 15.8. The molecule has 7 heteroatoms. The summed E-state index contributed by atoms with van der Waals surface area (Å²) in [6.45, 7) is 8.93. The second kappa shape index (κ2) is 10.1. The van der Waals surface area contributed by atoms with Crippen molar-refractivity contribution >= 4 is 8.56 Å².